The summed E-state index contributed by atoms with van der Waals surface area (Å²) in [5, 5.41) is -0.268. The average molecular weight is 322 g/mol. The number of rotatable bonds is 3. The molecule has 106 valence electrons. The molecule has 0 atom stereocenters. The van der Waals surface area contributed by atoms with Gasteiger partial charge in [0.2, 0.25) is 5.83 Å². The molecule has 0 radical (unpaired) electrons. The van der Waals surface area contributed by atoms with Gasteiger partial charge in [-0.15, -0.1) is 0 Å². The molecule has 0 aromatic heterocycles. The van der Waals surface area contributed by atoms with Crippen LogP contribution in [-0.4, -0.2) is 12.8 Å². The van der Waals surface area contributed by atoms with Crippen molar-refractivity contribution in [3.05, 3.63) is 33.8 Å². The molecule has 1 aromatic rings. The average Bonchev–Trinajstić information content (AvgIpc) is 2.24. The minimum atomic E-state index is -5.41. The number of halogens is 7. The topological polar surface area (TPSA) is 35.2 Å². The van der Waals surface area contributed by atoms with E-state index in [4.69, 9.17) is 28.9 Å². The number of nitrogens with two attached hydrogens (primary N) is 1. The maximum atomic E-state index is 12.9. The van der Waals surface area contributed by atoms with Gasteiger partial charge in [-0.2, -0.15) is 17.6 Å². The Morgan fingerprint density at radius 1 is 1.16 bits per heavy atom. The molecule has 0 heterocycles. The van der Waals surface area contributed by atoms with Gasteiger partial charge in [0.15, 0.2) is 11.6 Å². The van der Waals surface area contributed by atoms with E-state index in [1.165, 1.54) is 12.1 Å². The first-order valence-corrected chi connectivity index (χ1v) is 5.37. The molecule has 2 nitrogen and oxygen atoms in total. The number of ether oxygens (including phenoxy) is 1. The summed E-state index contributed by atoms with van der Waals surface area (Å²) in [5.41, 5.74) is 5.55. The molecule has 0 fully saturated rings. The van der Waals surface area contributed by atoms with Crippen LogP contribution >= 0.6 is 23.2 Å². The maximum Gasteiger partial charge on any atom is 0.445 e. The van der Waals surface area contributed by atoms with Crippen molar-refractivity contribution in [1.82, 2.24) is 0 Å². The number of alkyl halides is 3. The minimum absolute atomic E-state index is 0.134. The zero-order valence-corrected chi connectivity index (χ0v) is 10.5. The van der Waals surface area contributed by atoms with Gasteiger partial charge >= 0.3 is 6.18 Å². The van der Waals surface area contributed by atoms with Crippen molar-refractivity contribution in [3.8, 4) is 5.75 Å². The highest BCUT2D eigenvalue weighted by atomic mass is 35.5. The summed E-state index contributed by atoms with van der Waals surface area (Å²) < 4.78 is 65.5. The highest BCUT2D eigenvalue weighted by Gasteiger charge is 2.38. The van der Waals surface area contributed by atoms with Gasteiger partial charge in [-0.25, -0.2) is 4.39 Å². The summed E-state index contributed by atoms with van der Waals surface area (Å²) in [5.74, 6) is -5.27. The largest absolute Gasteiger partial charge is 0.483 e. The quantitative estimate of drug-likeness (QED) is 0.648. The minimum Gasteiger partial charge on any atom is -0.483 e. The number of anilines is 1. The van der Waals surface area contributed by atoms with Crippen LogP contribution < -0.4 is 10.5 Å². The lowest BCUT2D eigenvalue weighted by atomic mass is 10.3. The van der Waals surface area contributed by atoms with E-state index in [9.17, 15) is 22.0 Å². The number of nitrogen functional groups attached to an aromatic ring is 1. The monoisotopic (exact) mass is 321 g/mol. The lowest BCUT2D eigenvalue weighted by Gasteiger charge is -2.10. The summed E-state index contributed by atoms with van der Waals surface area (Å²) in [4.78, 5) is 0. The lowest BCUT2D eigenvalue weighted by molar-refractivity contribution is -0.111. The number of hydrogen-bond donors (Lipinski definition) is 1. The first-order chi connectivity index (χ1) is 8.62. The summed E-state index contributed by atoms with van der Waals surface area (Å²) in [7, 11) is 0. The third-order valence-corrected chi connectivity index (χ3v) is 2.41. The van der Waals surface area contributed by atoms with Crippen LogP contribution in [0.3, 0.4) is 0 Å². The van der Waals surface area contributed by atoms with Gasteiger partial charge in [0.25, 0.3) is 0 Å². The molecular formula is C10H6Cl2F5NO. The number of benzene rings is 1. The van der Waals surface area contributed by atoms with E-state index in [1.54, 1.807) is 0 Å². The Hall–Kier alpha value is -1.21. The predicted octanol–water partition coefficient (Wildman–Crippen LogP) is 4.67. The molecule has 0 saturated carbocycles. The van der Waals surface area contributed by atoms with Crippen molar-refractivity contribution in [2.75, 3.05) is 12.3 Å². The summed E-state index contributed by atoms with van der Waals surface area (Å²) in [6, 6.07) is 2.40. The van der Waals surface area contributed by atoms with Crippen molar-refractivity contribution < 1.29 is 26.7 Å². The fourth-order valence-corrected chi connectivity index (χ4v) is 1.68. The van der Waals surface area contributed by atoms with E-state index >= 15 is 0 Å². The first-order valence-electron chi connectivity index (χ1n) is 4.61. The van der Waals surface area contributed by atoms with Crippen molar-refractivity contribution in [2.45, 2.75) is 6.18 Å². The Morgan fingerprint density at radius 3 is 2.05 bits per heavy atom. The van der Waals surface area contributed by atoms with E-state index in [1.807, 2.05) is 0 Å². The summed E-state index contributed by atoms with van der Waals surface area (Å²) >= 11 is 11.3. The van der Waals surface area contributed by atoms with Gasteiger partial charge < -0.3 is 10.5 Å². The molecular weight excluding hydrogens is 316 g/mol. The van der Waals surface area contributed by atoms with E-state index in [2.05, 4.69) is 4.74 Å². The second-order valence-electron chi connectivity index (χ2n) is 3.32. The number of allylic oxidation sites excluding steroid dienone is 1. The third kappa shape index (κ3) is 4.14. The second-order valence-corrected chi connectivity index (χ2v) is 4.13. The van der Waals surface area contributed by atoms with E-state index in [0.29, 0.717) is 0 Å². The molecule has 1 aromatic carbocycles. The molecule has 0 saturated heterocycles. The van der Waals surface area contributed by atoms with E-state index in [-0.39, 0.29) is 21.5 Å². The SMILES string of the molecule is Nc1cc(Cl)c(OC/C(F)=C(\F)C(F)(F)F)c(Cl)c1. The van der Waals surface area contributed by atoms with Crippen LogP contribution in [0.25, 0.3) is 0 Å². The third-order valence-electron chi connectivity index (χ3n) is 1.85. The van der Waals surface area contributed by atoms with Gasteiger partial charge in [-0.05, 0) is 12.1 Å². The molecule has 0 aliphatic heterocycles. The second kappa shape index (κ2) is 5.83. The van der Waals surface area contributed by atoms with Crippen LogP contribution in [-0.2, 0) is 0 Å². The highest BCUT2D eigenvalue weighted by Crippen LogP contribution is 2.36. The van der Waals surface area contributed by atoms with Gasteiger partial charge in [0.1, 0.15) is 6.61 Å². The van der Waals surface area contributed by atoms with Gasteiger partial charge in [0.05, 0.1) is 10.0 Å². The lowest BCUT2D eigenvalue weighted by Crippen LogP contribution is -2.12. The molecule has 0 bridgehead atoms. The molecule has 0 unspecified atom stereocenters. The van der Waals surface area contributed by atoms with Crippen LogP contribution in [0.5, 0.6) is 5.75 Å². The standard InChI is InChI=1S/C10H6Cl2F5NO/c11-5-1-4(18)2-6(12)8(5)19-3-7(13)9(14)10(15,16)17/h1-2H,3,18H2/b9-7+. The van der Waals surface area contributed by atoms with Crippen LogP contribution in [0.4, 0.5) is 27.6 Å². The predicted molar refractivity (Wildman–Crippen MR) is 61.7 cm³/mol. The van der Waals surface area contributed by atoms with Gasteiger partial charge in [-0.1, -0.05) is 23.2 Å². The van der Waals surface area contributed by atoms with Crippen LogP contribution in [0.15, 0.2) is 23.8 Å². The smallest absolute Gasteiger partial charge is 0.445 e. The molecule has 0 aliphatic rings. The Kier molecular flexibility index (Phi) is 4.86. The Bertz CT molecular complexity index is 492. The van der Waals surface area contributed by atoms with E-state index in [0.717, 1.165) is 0 Å². The van der Waals surface area contributed by atoms with Crippen molar-refractivity contribution in [1.29, 1.82) is 0 Å². The summed E-state index contributed by atoms with van der Waals surface area (Å²) in [6.45, 7) is -1.30. The van der Waals surface area contributed by atoms with Crippen molar-refractivity contribution >= 4 is 28.9 Å². The Labute approximate surface area is 114 Å². The maximum absolute atomic E-state index is 12.9. The Morgan fingerprint density at radius 2 is 1.63 bits per heavy atom. The van der Waals surface area contributed by atoms with Crippen LogP contribution in [0.1, 0.15) is 0 Å². The van der Waals surface area contributed by atoms with Gasteiger partial charge in [-0.3, -0.25) is 0 Å². The molecule has 19 heavy (non-hydrogen) atoms. The first kappa shape index (κ1) is 15.8. The molecule has 0 spiro atoms. The molecule has 1 rings (SSSR count). The fraction of sp³-hybridized carbons (Fsp3) is 0.200. The molecule has 2 N–H and O–H groups in total. The van der Waals surface area contributed by atoms with Crippen LogP contribution in [0, 0.1) is 0 Å². The van der Waals surface area contributed by atoms with Gasteiger partial charge in [0, 0.05) is 5.69 Å². The fourth-order valence-electron chi connectivity index (χ4n) is 1.07. The number of hydrogen-bond acceptors (Lipinski definition) is 2. The highest BCUT2D eigenvalue weighted by molar-refractivity contribution is 6.37. The van der Waals surface area contributed by atoms with Crippen LogP contribution in [0.2, 0.25) is 10.0 Å². The molecule has 0 aliphatic carbocycles. The Balaban J connectivity index is 2.90. The van der Waals surface area contributed by atoms with Crippen molar-refractivity contribution in [2.24, 2.45) is 0 Å². The molecule has 9 heteroatoms. The zero-order chi connectivity index (χ0) is 14.8. The normalized spacial score (nSPS) is 13.2. The zero-order valence-electron chi connectivity index (χ0n) is 8.99. The molecule has 0 amide bonds. The summed E-state index contributed by atoms with van der Waals surface area (Å²) in [6.07, 6.45) is -5.41. The van der Waals surface area contributed by atoms with Crippen molar-refractivity contribution in [3.63, 3.8) is 0 Å². The van der Waals surface area contributed by atoms with E-state index < -0.39 is 24.4 Å².